The van der Waals surface area contributed by atoms with E-state index in [1.165, 1.54) is 6.08 Å². The van der Waals surface area contributed by atoms with Crippen LogP contribution in [0.5, 0.6) is 11.5 Å². The summed E-state index contributed by atoms with van der Waals surface area (Å²) in [5.41, 5.74) is 1.71. The molecule has 0 saturated heterocycles. The Morgan fingerprint density at radius 2 is 1.88 bits per heavy atom. The van der Waals surface area contributed by atoms with Crippen molar-refractivity contribution >= 4 is 24.0 Å². The molecule has 25 heavy (non-hydrogen) atoms. The van der Waals surface area contributed by atoms with Crippen LogP contribution in [-0.2, 0) is 4.79 Å². The van der Waals surface area contributed by atoms with Crippen LogP contribution in [0.4, 0.5) is 5.69 Å². The molecule has 0 aromatic heterocycles. The quantitative estimate of drug-likeness (QED) is 0.613. The standard InChI is InChI=1S/C20H21NO4/c1-14(2)25-18-10-8-15(12-19(18)24-3)9-11-20(23)21-17-7-5-4-6-16(17)13-22/h4-14H,1-3H3,(H,21,23)/b11-9+. The number of anilines is 1. The lowest BCUT2D eigenvalue weighted by atomic mass is 10.1. The van der Waals surface area contributed by atoms with E-state index in [1.54, 1.807) is 49.6 Å². The van der Waals surface area contributed by atoms with E-state index in [4.69, 9.17) is 9.47 Å². The number of hydrogen-bond acceptors (Lipinski definition) is 4. The lowest BCUT2D eigenvalue weighted by Crippen LogP contribution is -2.09. The molecule has 5 nitrogen and oxygen atoms in total. The summed E-state index contributed by atoms with van der Waals surface area (Å²) in [6.07, 6.45) is 3.82. The zero-order valence-electron chi connectivity index (χ0n) is 14.5. The first-order chi connectivity index (χ1) is 12.0. The Bertz CT molecular complexity index is 781. The molecule has 0 heterocycles. The molecule has 0 aliphatic rings. The molecule has 1 amide bonds. The maximum Gasteiger partial charge on any atom is 0.248 e. The highest BCUT2D eigenvalue weighted by Crippen LogP contribution is 2.29. The third-order valence-corrected chi connectivity index (χ3v) is 3.32. The number of methoxy groups -OCH3 is 1. The number of carbonyl (C=O) groups excluding carboxylic acids is 2. The highest BCUT2D eigenvalue weighted by molar-refractivity contribution is 6.04. The fraction of sp³-hybridized carbons (Fsp3) is 0.200. The number of nitrogens with one attached hydrogen (secondary N) is 1. The summed E-state index contributed by atoms with van der Waals surface area (Å²) in [5.74, 6) is 0.928. The molecule has 2 rings (SSSR count). The number of aldehydes is 1. The largest absolute Gasteiger partial charge is 0.493 e. The minimum Gasteiger partial charge on any atom is -0.493 e. The van der Waals surface area contributed by atoms with Gasteiger partial charge in [-0.2, -0.15) is 0 Å². The Morgan fingerprint density at radius 1 is 1.12 bits per heavy atom. The molecule has 0 radical (unpaired) electrons. The molecule has 0 bridgehead atoms. The summed E-state index contributed by atoms with van der Waals surface area (Å²) in [6, 6.07) is 12.2. The summed E-state index contributed by atoms with van der Waals surface area (Å²) >= 11 is 0. The van der Waals surface area contributed by atoms with Crippen molar-refractivity contribution in [2.45, 2.75) is 20.0 Å². The molecule has 0 fully saturated rings. The second-order valence-corrected chi connectivity index (χ2v) is 5.60. The van der Waals surface area contributed by atoms with Crippen LogP contribution in [0.1, 0.15) is 29.8 Å². The number of rotatable bonds is 7. The second kappa shape index (κ2) is 8.68. The van der Waals surface area contributed by atoms with Gasteiger partial charge >= 0.3 is 0 Å². The van der Waals surface area contributed by atoms with Gasteiger partial charge in [0.15, 0.2) is 17.8 Å². The van der Waals surface area contributed by atoms with Crippen LogP contribution in [0.2, 0.25) is 0 Å². The van der Waals surface area contributed by atoms with Crippen LogP contribution < -0.4 is 14.8 Å². The van der Waals surface area contributed by atoms with Crippen molar-refractivity contribution in [3.8, 4) is 11.5 Å². The van der Waals surface area contributed by atoms with E-state index in [1.807, 2.05) is 19.9 Å². The summed E-state index contributed by atoms with van der Waals surface area (Å²) in [6.45, 7) is 3.88. The first-order valence-corrected chi connectivity index (χ1v) is 7.91. The molecule has 0 aliphatic heterocycles. The van der Waals surface area contributed by atoms with Gasteiger partial charge in [-0.1, -0.05) is 18.2 Å². The summed E-state index contributed by atoms with van der Waals surface area (Å²) in [7, 11) is 1.57. The highest BCUT2D eigenvalue weighted by Gasteiger charge is 2.07. The molecule has 130 valence electrons. The molecule has 0 saturated carbocycles. The third kappa shape index (κ3) is 5.21. The third-order valence-electron chi connectivity index (χ3n) is 3.32. The first-order valence-electron chi connectivity index (χ1n) is 7.91. The zero-order valence-corrected chi connectivity index (χ0v) is 14.5. The van der Waals surface area contributed by atoms with E-state index in [2.05, 4.69) is 5.32 Å². The van der Waals surface area contributed by atoms with Crippen molar-refractivity contribution in [3.63, 3.8) is 0 Å². The Labute approximate surface area is 147 Å². The smallest absolute Gasteiger partial charge is 0.248 e. The number of hydrogen-bond donors (Lipinski definition) is 1. The molecule has 0 atom stereocenters. The fourth-order valence-electron chi connectivity index (χ4n) is 2.20. The minimum absolute atomic E-state index is 0.0407. The van der Waals surface area contributed by atoms with Crippen molar-refractivity contribution in [2.24, 2.45) is 0 Å². The molecule has 2 aromatic carbocycles. The van der Waals surface area contributed by atoms with Gasteiger partial charge in [0.25, 0.3) is 0 Å². The van der Waals surface area contributed by atoms with Gasteiger partial charge in [0.05, 0.1) is 18.9 Å². The van der Waals surface area contributed by atoms with Crippen molar-refractivity contribution in [3.05, 3.63) is 59.7 Å². The van der Waals surface area contributed by atoms with Gasteiger partial charge in [0.1, 0.15) is 0 Å². The second-order valence-electron chi connectivity index (χ2n) is 5.60. The lowest BCUT2D eigenvalue weighted by Gasteiger charge is -2.13. The molecule has 0 unspecified atom stereocenters. The van der Waals surface area contributed by atoms with Crippen LogP contribution in [-0.4, -0.2) is 25.4 Å². The number of ether oxygens (including phenoxy) is 2. The maximum atomic E-state index is 12.1. The van der Waals surface area contributed by atoms with Crippen LogP contribution in [0.3, 0.4) is 0 Å². The Morgan fingerprint density at radius 3 is 2.56 bits per heavy atom. The van der Waals surface area contributed by atoms with Gasteiger partial charge < -0.3 is 14.8 Å². The van der Waals surface area contributed by atoms with E-state index in [0.717, 1.165) is 5.56 Å². The van der Waals surface area contributed by atoms with Crippen LogP contribution >= 0.6 is 0 Å². The zero-order chi connectivity index (χ0) is 18.2. The average Bonchev–Trinajstić information content (AvgIpc) is 2.60. The van der Waals surface area contributed by atoms with Crippen molar-refractivity contribution in [1.82, 2.24) is 0 Å². The summed E-state index contributed by atoms with van der Waals surface area (Å²) in [5, 5.41) is 2.68. The molecule has 5 heteroatoms. The van der Waals surface area contributed by atoms with Gasteiger partial charge in [-0.15, -0.1) is 0 Å². The van der Waals surface area contributed by atoms with Crippen LogP contribution in [0.15, 0.2) is 48.5 Å². The monoisotopic (exact) mass is 339 g/mol. The first kappa shape index (κ1) is 18.3. The molecular weight excluding hydrogens is 318 g/mol. The van der Waals surface area contributed by atoms with Crippen molar-refractivity contribution in [2.75, 3.05) is 12.4 Å². The van der Waals surface area contributed by atoms with Gasteiger partial charge in [0, 0.05) is 11.6 Å². The van der Waals surface area contributed by atoms with E-state index in [0.29, 0.717) is 29.0 Å². The van der Waals surface area contributed by atoms with E-state index in [9.17, 15) is 9.59 Å². The summed E-state index contributed by atoms with van der Waals surface area (Å²) < 4.78 is 11.0. The lowest BCUT2D eigenvalue weighted by molar-refractivity contribution is -0.111. The normalized spacial score (nSPS) is 10.7. The molecule has 0 spiro atoms. The Hall–Kier alpha value is -3.08. The van der Waals surface area contributed by atoms with E-state index >= 15 is 0 Å². The van der Waals surface area contributed by atoms with E-state index in [-0.39, 0.29) is 12.0 Å². The molecule has 0 aliphatic carbocycles. The number of benzene rings is 2. The predicted molar refractivity (Wildman–Crippen MR) is 98.3 cm³/mol. The highest BCUT2D eigenvalue weighted by atomic mass is 16.5. The summed E-state index contributed by atoms with van der Waals surface area (Å²) in [4.78, 5) is 23.0. The fourth-order valence-corrected chi connectivity index (χ4v) is 2.20. The average molecular weight is 339 g/mol. The topological polar surface area (TPSA) is 64.6 Å². The van der Waals surface area contributed by atoms with E-state index < -0.39 is 0 Å². The predicted octanol–water partition coefficient (Wildman–Crippen LogP) is 3.95. The molecular formula is C20H21NO4. The Balaban J connectivity index is 2.10. The minimum atomic E-state index is -0.323. The van der Waals surface area contributed by atoms with Crippen LogP contribution in [0, 0.1) is 0 Å². The maximum absolute atomic E-state index is 12.1. The Kier molecular flexibility index (Phi) is 6.34. The molecule has 1 N–H and O–H groups in total. The number of amides is 1. The van der Waals surface area contributed by atoms with Crippen molar-refractivity contribution < 1.29 is 19.1 Å². The number of para-hydroxylation sites is 1. The SMILES string of the molecule is COc1cc(/C=C/C(=O)Nc2ccccc2C=O)ccc1OC(C)C. The van der Waals surface area contributed by atoms with Gasteiger partial charge in [-0.3, -0.25) is 9.59 Å². The van der Waals surface area contributed by atoms with Crippen LogP contribution in [0.25, 0.3) is 6.08 Å². The van der Waals surface area contributed by atoms with Crippen molar-refractivity contribution in [1.29, 1.82) is 0 Å². The van der Waals surface area contributed by atoms with Gasteiger partial charge in [-0.05, 0) is 49.8 Å². The van der Waals surface area contributed by atoms with Gasteiger partial charge in [0.2, 0.25) is 5.91 Å². The van der Waals surface area contributed by atoms with Gasteiger partial charge in [-0.25, -0.2) is 0 Å². The number of carbonyl (C=O) groups is 2. The molecule has 2 aromatic rings.